The van der Waals surface area contributed by atoms with E-state index < -0.39 is 16.6 Å². The number of rotatable bonds is 4. The molecule has 0 fully saturated rings. The Morgan fingerprint density at radius 3 is 2.81 bits per heavy atom. The number of anilines is 1. The van der Waals surface area contributed by atoms with E-state index in [-0.39, 0.29) is 24.3 Å². The molecule has 0 aliphatic rings. The summed E-state index contributed by atoms with van der Waals surface area (Å²) in [5.41, 5.74) is 4.62. The summed E-state index contributed by atoms with van der Waals surface area (Å²) < 4.78 is 12.8. The van der Waals surface area contributed by atoms with E-state index in [4.69, 9.17) is 5.73 Å². The van der Waals surface area contributed by atoms with Gasteiger partial charge in [-0.05, 0) is 6.07 Å². The van der Waals surface area contributed by atoms with Crippen molar-refractivity contribution in [2.75, 3.05) is 11.9 Å². The van der Waals surface area contributed by atoms with Gasteiger partial charge in [-0.1, -0.05) is 0 Å². The van der Waals surface area contributed by atoms with Gasteiger partial charge in [0, 0.05) is 25.1 Å². The lowest BCUT2D eigenvalue weighted by atomic mass is 10.2. The monoisotopic (exact) mass is 227 g/mol. The van der Waals surface area contributed by atoms with E-state index in [2.05, 4.69) is 5.32 Å². The van der Waals surface area contributed by atoms with Crippen molar-refractivity contribution in [1.29, 1.82) is 0 Å². The zero-order valence-corrected chi connectivity index (χ0v) is 8.27. The minimum Gasteiger partial charge on any atom is -0.330 e. The van der Waals surface area contributed by atoms with Crippen molar-refractivity contribution >= 4 is 17.3 Å². The number of hydrogen-bond donors (Lipinski definition) is 2. The molecule has 1 aromatic carbocycles. The highest BCUT2D eigenvalue weighted by Gasteiger charge is 2.16. The van der Waals surface area contributed by atoms with Gasteiger partial charge in [-0.2, -0.15) is 0 Å². The zero-order chi connectivity index (χ0) is 12.1. The molecule has 1 rings (SSSR count). The van der Waals surface area contributed by atoms with Crippen molar-refractivity contribution in [3.8, 4) is 0 Å². The molecule has 16 heavy (non-hydrogen) atoms. The molecule has 0 bridgehead atoms. The Bertz CT molecular complexity index is 422. The van der Waals surface area contributed by atoms with Gasteiger partial charge in [0.05, 0.1) is 4.92 Å². The topological polar surface area (TPSA) is 98.3 Å². The predicted molar refractivity (Wildman–Crippen MR) is 55.4 cm³/mol. The number of nitrogens with one attached hydrogen (secondary N) is 1. The van der Waals surface area contributed by atoms with E-state index in [0.717, 1.165) is 18.2 Å². The molecule has 6 nitrogen and oxygen atoms in total. The summed E-state index contributed by atoms with van der Waals surface area (Å²) in [4.78, 5) is 21.0. The average Bonchev–Trinajstić information content (AvgIpc) is 2.17. The van der Waals surface area contributed by atoms with Crippen LogP contribution >= 0.6 is 0 Å². The lowest BCUT2D eigenvalue weighted by Gasteiger charge is -2.04. The molecule has 0 saturated heterocycles. The van der Waals surface area contributed by atoms with Crippen LogP contribution in [0.25, 0.3) is 0 Å². The van der Waals surface area contributed by atoms with E-state index in [1.54, 1.807) is 0 Å². The summed E-state index contributed by atoms with van der Waals surface area (Å²) in [5.74, 6) is -1.15. The van der Waals surface area contributed by atoms with Gasteiger partial charge in [0.15, 0.2) is 0 Å². The molecule has 1 amide bonds. The van der Waals surface area contributed by atoms with Gasteiger partial charge in [-0.15, -0.1) is 0 Å². The third kappa shape index (κ3) is 2.99. The first-order chi connectivity index (χ1) is 7.54. The van der Waals surface area contributed by atoms with Crippen LogP contribution in [0.3, 0.4) is 0 Å². The fourth-order valence-corrected chi connectivity index (χ4v) is 1.11. The third-order valence-electron chi connectivity index (χ3n) is 1.80. The SMILES string of the molecule is NCCC(=O)Nc1cc(F)ccc1[N+](=O)[O-]. The highest BCUT2D eigenvalue weighted by molar-refractivity contribution is 5.93. The highest BCUT2D eigenvalue weighted by Crippen LogP contribution is 2.24. The van der Waals surface area contributed by atoms with Crippen LogP contribution in [0.5, 0.6) is 0 Å². The summed E-state index contributed by atoms with van der Waals surface area (Å²) in [6.07, 6.45) is 0.0215. The van der Waals surface area contributed by atoms with Crippen LogP contribution in [-0.4, -0.2) is 17.4 Å². The van der Waals surface area contributed by atoms with Gasteiger partial charge in [0.2, 0.25) is 5.91 Å². The van der Waals surface area contributed by atoms with Gasteiger partial charge in [-0.25, -0.2) is 4.39 Å². The summed E-state index contributed by atoms with van der Waals surface area (Å²) >= 11 is 0. The van der Waals surface area contributed by atoms with Gasteiger partial charge in [0.25, 0.3) is 5.69 Å². The van der Waals surface area contributed by atoms with Gasteiger partial charge < -0.3 is 11.1 Å². The molecule has 0 saturated carbocycles. The van der Waals surface area contributed by atoms with E-state index in [0.29, 0.717) is 0 Å². The van der Waals surface area contributed by atoms with Crippen LogP contribution in [0.4, 0.5) is 15.8 Å². The Kier molecular flexibility index (Phi) is 3.90. The molecule has 0 radical (unpaired) electrons. The van der Waals surface area contributed by atoms with Gasteiger partial charge in [0.1, 0.15) is 11.5 Å². The molecular weight excluding hydrogens is 217 g/mol. The number of carbonyl (C=O) groups excluding carboxylic acids is 1. The lowest BCUT2D eigenvalue weighted by Crippen LogP contribution is -2.17. The molecule has 0 unspecified atom stereocenters. The predicted octanol–water partition coefficient (Wildman–Crippen LogP) is 1.02. The summed E-state index contributed by atoms with van der Waals surface area (Å²) in [6, 6.07) is 2.84. The fraction of sp³-hybridized carbons (Fsp3) is 0.222. The van der Waals surface area contributed by atoms with Crippen LogP contribution in [0.1, 0.15) is 6.42 Å². The molecule has 0 atom stereocenters. The van der Waals surface area contributed by atoms with Crippen molar-refractivity contribution in [2.24, 2.45) is 5.73 Å². The molecule has 3 N–H and O–H groups in total. The number of nitrogens with two attached hydrogens (primary N) is 1. The summed E-state index contributed by atoms with van der Waals surface area (Å²) in [6.45, 7) is 0.120. The van der Waals surface area contributed by atoms with Crippen LogP contribution in [0, 0.1) is 15.9 Å². The summed E-state index contributed by atoms with van der Waals surface area (Å²) in [7, 11) is 0. The Morgan fingerprint density at radius 1 is 1.56 bits per heavy atom. The van der Waals surface area contributed by atoms with Crippen LogP contribution in [0.2, 0.25) is 0 Å². The van der Waals surface area contributed by atoms with E-state index in [1.165, 1.54) is 0 Å². The molecule has 0 heterocycles. The van der Waals surface area contributed by atoms with Crippen molar-refractivity contribution < 1.29 is 14.1 Å². The second-order valence-corrected chi connectivity index (χ2v) is 3.01. The lowest BCUT2D eigenvalue weighted by molar-refractivity contribution is -0.384. The molecular formula is C9H10FN3O3. The first kappa shape index (κ1) is 12.1. The fourth-order valence-electron chi connectivity index (χ4n) is 1.11. The standard InChI is InChI=1S/C9H10FN3O3/c10-6-1-2-8(13(15)16)7(5-6)12-9(14)3-4-11/h1-2,5H,3-4,11H2,(H,12,14). The number of carbonyl (C=O) groups is 1. The van der Waals surface area contributed by atoms with Crippen molar-refractivity contribution in [2.45, 2.75) is 6.42 Å². The Labute approximate surface area is 90.4 Å². The maximum absolute atomic E-state index is 12.8. The highest BCUT2D eigenvalue weighted by atomic mass is 19.1. The average molecular weight is 227 g/mol. The zero-order valence-electron chi connectivity index (χ0n) is 8.27. The number of benzene rings is 1. The van der Waals surface area contributed by atoms with Crippen LogP contribution in [0.15, 0.2) is 18.2 Å². The number of nitrogens with zero attached hydrogens (tertiary/aromatic N) is 1. The van der Waals surface area contributed by atoms with Crippen molar-refractivity contribution in [1.82, 2.24) is 0 Å². The van der Waals surface area contributed by atoms with Crippen molar-refractivity contribution in [3.63, 3.8) is 0 Å². The van der Waals surface area contributed by atoms with Gasteiger partial charge in [-0.3, -0.25) is 14.9 Å². The minimum atomic E-state index is -0.697. The normalized spacial score (nSPS) is 9.88. The molecule has 7 heteroatoms. The Morgan fingerprint density at radius 2 is 2.25 bits per heavy atom. The number of nitro benzene ring substituents is 1. The number of halogens is 1. The second kappa shape index (κ2) is 5.17. The smallest absolute Gasteiger partial charge is 0.292 e. The number of amides is 1. The maximum Gasteiger partial charge on any atom is 0.292 e. The van der Waals surface area contributed by atoms with Crippen molar-refractivity contribution in [3.05, 3.63) is 34.1 Å². The maximum atomic E-state index is 12.8. The molecule has 0 aliphatic carbocycles. The molecule has 0 aromatic heterocycles. The van der Waals surface area contributed by atoms with E-state index in [1.807, 2.05) is 0 Å². The molecule has 0 aliphatic heterocycles. The first-order valence-corrected chi connectivity index (χ1v) is 4.48. The summed E-state index contributed by atoms with van der Waals surface area (Å²) in [5, 5.41) is 12.8. The van der Waals surface area contributed by atoms with E-state index in [9.17, 15) is 19.3 Å². The first-order valence-electron chi connectivity index (χ1n) is 4.48. The number of hydrogen-bond acceptors (Lipinski definition) is 4. The third-order valence-corrected chi connectivity index (χ3v) is 1.80. The second-order valence-electron chi connectivity index (χ2n) is 3.01. The van der Waals surface area contributed by atoms with Crippen LogP contribution in [-0.2, 0) is 4.79 Å². The quantitative estimate of drug-likeness (QED) is 0.592. The van der Waals surface area contributed by atoms with E-state index >= 15 is 0 Å². The number of nitro groups is 1. The molecule has 86 valence electrons. The Hall–Kier alpha value is -2.02. The largest absolute Gasteiger partial charge is 0.330 e. The molecule has 1 aromatic rings. The van der Waals surface area contributed by atoms with Crippen LogP contribution < -0.4 is 11.1 Å². The molecule has 0 spiro atoms. The van der Waals surface area contributed by atoms with Gasteiger partial charge >= 0.3 is 0 Å². The minimum absolute atomic E-state index is 0.0215. The Balaban J connectivity index is 2.96.